The number of likely N-dealkylation sites (N-methyl/N-ethyl adjacent to an activating group) is 1. The lowest BCUT2D eigenvalue weighted by molar-refractivity contribution is 0.372. The van der Waals surface area contributed by atoms with Gasteiger partial charge in [0.2, 0.25) is 0 Å². The van der Waals surface area contributed by atoms with E-state index in [1.165, 1.54) is 12.8 Å². The molecule has 1 atom stereocenters. The summed E-state index contributed by atoms with van der Waals surface area (Å²) in [6.45, 7) is 6.84. The van der Waals surface area contributed by atoms with Crippen LogP contribution in [0.1, 0.15) is 44.1 Å². The van der Waals surface area contributed by atoms with Crippen LogP contribution in [-0.2, 0) is 6.54 Å². The van der Waals surface area contributed by atoms with E-state index in [2.05, 4.69) is 47.7 Å². The topological polar surface area (TPSA) is 58.3 Å². The van der Waals surface area contributed by atoms with Crippen molar-refractivity contribution in [3.63, 3.8) is 0 Å². The summed E-state index contributed by atoms with van der Waals surface area (Å²) in [6, 6.07) is 0.545. The first-order valence-electron chi connectivity index (χ1n) is 7.50. The average molecular weight is 277 g/mol. The molecule has 1 fully saturated rings. The van der Waals surface area contributed by atoms with Crippen LogP contribution in [0.15, 0.2) is 6.20 Å². The summed E-state index contributed by atoms with van der Waals surface area (Å²) in [7, 11) is 4.25. The lowest BCUT2D eigenvalue weighted by atomic mass is 10.1. The molecule has 0 bridgehead atoms. The van der Waals surface area contributed by atoms with Gasteiger partial charge in [0.1, 0.15) is 5.82 Å². The highest BCUT2D eigenvalue weighted by Gasteiger charge is 2.27. The Kier molecular flexibility index (Phi) is 4.94. The Morgan fingerprint density at radius 1 is 1.45 bits per heavy atom. The summed E-state index contributed by atoms with van der Waals surface area (Å²) in [5.41, 5.74) is 8.01. The normalized spacial score (nSPS) is 19.4. The molecular formula is C15H27N5. The lowest BCUT2D eigenvalue weighted by Gasteiger charge is -2.30. The first-order valence-corrected chi connectivity index (χ1v) is 7.50. The maximum Gasteiger partial charge on any atom is 0.131 e. The van der Waals surface area contributed by atoms with Crippen LogP contribution in [0.4, 0.5) is 5.69 Å². The zero-order chi connectivity index (χ0) is 14.7. The van der Waals surface area contributed by atoms with Crippen LogP contribution in [-0.4, -0.2) is 48.1 Å². The third-order valence-electron chi connectivity index (χ3n) is 3.84. The van der Waals surface area contributed by atoms with Crippen molar-refractivity contribution in [2.45, 2.75) is 45.2 Å². The van der Waals surface area contributed by atoms with Crippen LogP contribution >= 0.6 is 0 Å². The minimum absolute atomic E-state index is 0.338. The molecule has 0 aliphatic carbocycles. The fourth-order valence-electron chi connectivity index (χ4n) is 2.86. The van der Waals surface area contributed by atoms with Gasteiger partial charge in [-0.05, 0) is 26.9 Å². The van der Waals surface area contributed by atoms with Crippen molar-refractivity contribution >= 4 is 5.69 Å². The summed E-state index contributed by atoms with van der Waals surface area (Å²) in [6.07, 6.45) is 4.43. The Bertz CT molecular complexity index is 444. The fourth-order valence-corrected chi connectivity index (χ4v) is 2.86. The molecule has 5 heteroatoms. The second kappa shape index (κ2) is 6.50. The molecule has 1 aliphatic heterocycles. The molecule has 2 rings (SSSR count). The maximum absolute atomic E-state index is 5.91. The number of hydrogen-bond acceptors (Lipinski definition) is 5. The van der Waals surface area contributed by atoms with Gasteiger partial charge in [-0.3, -0.25) is 0 Å². The molecule has 0 amide bonds. The molecule has 1 unspecified atom stereocenters. The molecule has 0 spiro atoms. The van der Waals surface area contributed by atoms with Gasteiger partial charge in [-0.2, -0.15) is 0 Å². The molecular weight excluding hydrogens is 250 g/mol. The second-order valence-electron chi connectivity index (χ2n) is 6.17. The van der Waals surface area contributed by atoms with Gasteiger partial charge in [-0.25, -0.2) is 9.97 Å². The van der Waals surface area contributed by atoms with E-state index in [0.29, 0.717) is 18.5 Å². The fraction of sp³-hybridized carbons (Fsp3) is 0.733. The Balaban J connectivity index is 2.26. The molecule has 1 aromatic heterocycles. The van der Waals surface area contributed by atoms with Gasteiger partial charge in [-0.1, -0.05) is 13.8 Å². The number of rotatable bonds is 5. The highest BCUT2D eigenvalue weighted by molar-refractivity contribution is 5.51. The summed E-state index contributed by atoms with van der Waals surface area (Å²) in [5, 5.41) is 0. The van der Waals surface area contributed by atoms with Gasteiger partial charge in [0.05, 0.1) is 17.6 Å². The monoisotopic (exact) mass is 277 g/mol. The average Bonchev–Trinajstić information content (AvgIpc) is 2.84. The molecule has 0 radical (unpaired) electrons. The van der Waals surface area contributed by atoms with Crippen molar-refractivity contribution in [2.24, 2.45) is 5.73 Å². The zero-order valence-corrected chi connectivity index (χ0v) is 13.1. The maximum atomic E-state index is 5.91. The molecule has 1 saturated heterocycles. The number of aromatic nitrogens is 2. The van der Waals surface area contributed by atoms with Crippen LogP contribution in [0.5, 0.6) is 0 Å². The zero-order valence-electron chi connectivity index (χ0n) is 13.1. The number of anilines is 1. The highest BCUT2D eigenvalue weighted by Crippen LogP contribution is 2.28. The first kappa shape index (κ1) is 15.2. The van der Waals surface area contributed by atoms with Gasteiger partial charge in [-0.15, -0.1) is 0 Å². The van der Waals surface area contributed by atoms with Crippen molar-refractivity contribution in [3.05, 3.63) is 17.7 Å². The molecule has 5 nitrogen and oxygen atoms in total. The van der Waals surface area contributed by atoms with Crippen LogP contribution in [0, 0.1) is 0 Å². The minimum Gasteiger partial charge on any atom is -0.364 e. The lowest BCUT2D eigenvalue weighted by Crippen LogP contribution is -2.38. The van der Waals surface area contributed by atoms with Gasteiger partial charge in [0, 0.05) is 31.6 Å². The van der Waals surface area contributed by atoms with E-state index in [0.717, 1.165) is 30.3 Å². The van der Waals surface area contributed by atoms with E-state index in [1.807, 2.05) is 6.20 Å². The minimum atomic E-state index is 0.338. The largest absolute Gasteiger partial charge is 0.364 e. The van der Waals surface area contributed by atoms with Crippen molar-refractivity contribution < 1.29 is 0 Å². The SMILES string of the molecule is CC(C)c1ncc(N2CCCC2CN(C)C)c(CN)n1. The van der Waals surface area contributed by atoms with Crippen LogP contribution < -0.4 is 10.6 Å². The van der Waals surface area contributed by atoms with E-state index >= 15 is 0 Å². The quantitative estimate of drug-likeness (QED) is 0.885. The summed E-state index contributed by atoms with van der Waals surface area (Å²) < 4.78 is 0. The molecule has 2 heterocycles. The van der Waals surface area contributed by atoms with Gasteiger partial charge in [0.15, 0.2) is 0 Å². The Morgan fingerprint density at radius 2 is 2.20 bits per heavy atom. The summed E-state index contributed by atoms with van der Waals surface area (Å²) in [5.74, 6) is 1.23. The van der Waals surface area contributed by atoms with Gasteiger partial charge in [0.25, 0.3) is 0 Å². The van der Waals surface area contributed by atoms with Crippen molar-refractivity contribution in [1.82, 2.24) is 14.9 Å². The second-order valence-corrected chi connectivity index (χ2v) is 6.17. The predicted molar refractivity (Wildman–Crippen MR) is 82.9 cm³/mol. The number of nitrogens with two attached hydrogens (primary N) is 1. The van der Waals surface area contributed by atoms with Crippen molar-refractivity contribution in [2.75, 3.05) is 32.1 Å². The van der Waals surface area contributed by atoms with Gasteiger partial charge < -0.3 is 15.5 Å². The Labute approximate surface area is 122 Å². The molecule has 20 heavy (non-hydrogen) atoms. The molecule has 0 saturated carbocycles. The standard InChI is InChI=1S/C15H27N5/c1-11(2)15-17-9-14(13(8-16)18-15)20-7-5-6-12(20)10-19(3)4/h9,11-12H,5-8,10,16H2,1-4H3. The van der Waals surface area contributed by atoms with E-state index in [1.54, 1.807) is 0 Å². The molecule has 1 aromatic rings. The summed E-state index contributed by atoms with van der Waals surface area (Å²) in [4.78, 5) is 13.9. The third-order valence-corrected chi connectivity index (χ3v) is 3.84. The Hall–Kier alpha value is -1.20. The Morgan fingerprint density at radius 3 is 2.80 bits per heavy atom. The number of nitrogens with zero attached hydrogens (tertiary/aromatic N) is 4. The van der Waals surface area contributed by atoms with Crippen LogP contribution in [0.25, 0.3) is 0 Å². The molecule has 2 N–H and O–H groups in total. The van der Waals surface area contributed by atoms with E-state index in [-0.39, 0.29) is 0 Å². The number of hydrogen-bond donors (Lipinski definition) is 1. The van der Waals surface area contributed by atoms with Gasteiger partial charge >= 0.3 is 0 Å². The predicted octanol–water partition coefficient (Wildman–Crippen LogP) is 1.59. The highest BCUT2D eigenvalue weighted by atomic mass is 15.2. The van der Waals surface area contributed by atoms with E-state index in [4.69, 9.17) is 5.73 Å². The van der Waals surface area contributed by atoms with Crippen LogP contribution in [0.3, 0.4) is 0 Å². The molecule has 1 aliphatic rings. The summed E-state index contributed by atoms with van der Waals surface area (Å²) >= 11 is 0. The van der Waals surface area contributed by atoms with Crippen LogP contribution in [0.2, 0.25) is 0 Å². The smallest absolute Gasteiger partial charge is 0.131 e. The first-order chi connectivity index (χ1) is 9.52. The third kappa shape index (κ3) is 3.27. The van der Waals surface area contributed by atoms with Crippen molar-refractivity contribution in [3.8, 4) is 0 Å². The molecule has 112 valence electrons. The van der Waals surface area contributed by atoms with E-state index < -0.39 is 0 Å². The molecule has 0 aromatic carbocycles. The van der Waals surface area contributed by atoms with Crippen molar-refractivity contribution in [1.29, 1.82) is 0 Å². The van der Waals surface area contributed by atoms with E-state index in [9.17, 15) is 0 Å².